The Kier molecular flexibility index (Phi) is 2.51. The molecule has 2 heterocycles. The van der Waals surface area contributed by atoms with Crippen molar-refractivity contribution < 1.29 is 9.53 Å². The summed E-state index contributed by atoms with van der Waals surface area (Å²) in [5, 5.41) is 6.71. The van der Waals surface area contributed by atoms with E-state index < -0.39 is 0 Å². The van der Waals surface area contributed by atoms with Crippen LogP contribution in [0.5, 0.6) is 0 Å². The predicted molar refractivity (Wildman–Crippen MR) is 70.3 cm³/mol. The van der Waals surface area contributed by atoms with Crippen molar-refractivity contribution in [3.8, 4) is 0 Å². The second-order valence-electron chi connectivity index (χ2n) is 4.85. The second-order valence-corrected chi connectivity index (χ2v) is 4.85. The van der Waals surface area contributed by atoms with Crippen molar-refractivity contribution in [1.29, 1.82) is 0 Å². The van der Waals surface area contributed by atoms with Crippen molar-refractivity contribution in [2.75, 3.05) is 10.6 Å². The number of esters is 1. The van der Waals surface area contributed by atoms with Crippen molar-refractivity contribution >= 4 is 17.3 Å². The molecule has 0 amide bonds. The van der Waals surface area contributed by atoms with Gasteiger partial charge in [0.1, 0.15) is 6.10 Å². The van der Waals surface area contributed by atoms with E-state index in [9.17, 15) is 4.79 Å². The normalized spacial score (nSPS) is 26.2. The van der Waals surface area contributed by atoms with Gasteiger partial charge in [0.2, 0.25) is 0 Å². The number of rotatable bonds is 0. The number of para-hydroxylation sites is 2. The summed E-state index contributed by atoms with van der Waals surface area (Å²) in [7, 11) is 0. The Morgan fingerprint density at radius 2 is 1.94 bits per heavy atom. The minimum absolute atomic E-state index is 0.0452. The van der Waals surface area contributed by atoms with Crippen molar-refractivity contribution in [2.45, 2.75) is 32.4 Å². The van der Waals surface area contributed by atoms with Crippen molar-refractivity contribution in [3.63, 3.8) is 0 Å². The molecule has 0 bridgehead atoms. The summed E-state index contributed by atoms with van der Waals surface area (Å²) < 4.78 is 5.30. The smallest absolute Gasteiger partial charge is 0.338 e. The number of anilines is 2. The number of ether oxygens (including phenoxy) is 1. The van der Waals surface area contributed by atoms with Gasteiger partial charge in [-0.25, -0.2) is 4.79 Å². The Bertz CT molecular complexity index is 536. The molecule has 0 spiro atoms. The average Bonchev–Trinajstić information content (AvgIpc) is 2.43. The van der Waals surface area contributed by atoms with Crippen LogP contribution in [0, 0.1) is 0 Å². The van der Waals surface area contributed by atoms with E-state index in [1.807, 2.05) is 38.1 Å². The highest BCUT2D eigenvalue weighted by Crippen LogP contribution is 2.33. The van der Waals surface area contributed by atoms with E-state index in [0.717, 1.165) is 23.5 Å². The zero-order chi connectivity index (χ0) is 12.7. The highest BCUT2D eigenvalue weighted by atomic mass is 16.5. The van der Waals surface area contributed by atoms with Crippen LogP contribution < -0.4 is 10.6 Å². The second kappa shape index (κ2) is 4.05. The molecule has 2 aliphatic rings. The SMILES string of the molecule is C[C@H]1CC2=C(C(=O)O1)[C@@H](C)Nc1ccccc1N2. The van der Waals surface area contributed by atoms with Gasteiger partial charge >= 0.3 is 5.97 Å². The van der Waals surface area contributed by atoms with Crippen LogP contribution in [0.15, 0.2) is 35.5 Å². The summed E-state index contributed by atoms with van der Waals surface area (Å²) in [6, 6.07) is 7.93. The summed E-state index contributed by atoms with van der Waals surface area (Å²) in [5.41, 5.74) is 3.71. The molecule has 3 rings (SSSR count). The van der Waals surface area contributed by atoms with Crippen molar-refractivity contribution in [2.24, 2.45) is 0 Å². The molecule has 4 nitrogen and oxygen atoms in total. The molecule has 0 aliphatic carbocycles. The molecule has 2 atom stereocenters. The lowest BCUT2D eigenvalue weighted by molar-refractivity contribution is -0.145. The van der Waals surface area contributed by atoms with E-state index in [0.29, 0.717) is 5.57 Å². The summed E-state index contributed by atoms with van der Waals surface area (Å²) >= 11 is 0. The molecule has 0 unspecified atom stereocenters. The fraction of sp³-hybridized carbons (Fsp3) is 0.357. The highest BCUT2D eigenvalue weighted by molar-refractivity contribution is 5.94. The molecular weight excluding hydrogens is 228 g/mol. The molecule has 2 aliphatic heterocycles. The van der Waals surface area contributed by atoms with Crippen LogP contribution in [-0.2, 0) is 9.53 Å². The number of cyclic esters (lactones) is 1. The Morgan fingerprint density at radius 3 is 2.72 bits per heavy atom. The van der Waals surface area contributed by atoms with Crippen LogP contribution in [0.4, 0.5) is 11.4 Å². The summed E-state index contributed by atoms with van der Waals surface area (Å²) in [6.07, 6.45) is 0.669. The molecule has 1 aromatic rings. The van der Waals surface area contributed by atoms with Crippen molar-refractivity contribution in [3.05, 3.63) is 35.5 Å². The molecule has 0 radical (unpaired) electrons. The van der Waals surface area contributed by atoms with Gasteiger partial charge in [0.15, 0.2) is 0 Å². The van der Waals surface area contributed by atoms with Crippen molar-refractivity contribution in [1.82, 2.24) is 0 Å². The van der Waals surface area contributed by atoms with Gasteiger partial charge in [0.25, 0.3) is 0 Å². The minimum Gasteiger partial charge on any atom is -0.459 e. The van der Waals surface area contributed by atoms with Gasteiger partial charge < -0.3 is 15.4 Å². The quantitative estimate of drug-likeness (QED) is 0.688. The van der Waals surface area contributed by atoms with E-state index >= 15 is 0 Å². The molecular formula is C14H16N2O2. The van der Waals surface area contributed by atoms with Gasteiger partial charge in [0, 0.05) is 12.1 Å². The van der Waals surface area contributed by atoms with Crippen LogP contribution in [0.1, 0.15) is 20.3 Å². The van der Waals surface area contributed by atoms with Gasteiger partial charge in [-0.15, -0.1) is 0 Å². The van der Waals surface area contributed by atoms with Crippen LogP contribution in [0.25, 0.3) is 0 Å². The molecule has 0 saturated heterocycles. The molecule has 94 valence electrons. The largest absolute Gasteiger partial charge is 0.459 e. The molecule has 2 N–H and O–H groups in total. The molecule has 0 fully saturated rings. The maximum Gasteiger partial charge on any atom is 0.338 e. The van der Waals surface area contributed by atoms with E-state index in [2.05, 4.69) is 10.6 Å². The first-order valence-corrected chi connectivity index (χ1v) is 6.22. The number of nitrogens with one attached hydrogen (secondary N) is 2. The van der Waals surface area contributed by atoms with E-state index in [-0.39, 0.29) is 18.1 Å². The molecule has 1 aromatic carbocycles. The first-order chi connectivity index (χ1) is 8.65. The number of benzene rings is 1. The summed E-state index contributed by atoms with van der Waals surface area (Å²) in [4.78, 5) is 12.0. The lowest BCUT2D eigenvalue weighted by Crippen LogP contribution is -2.33. The Balaban J connectivity index is 2.06. The summed E-state index contributed by atoms with van der Waals surface area (Å²) in [5.74, 6) is -0.218. The lowest BCUT2D eigenvalue weighted by atomic mass is 10.0. The minimum atomic E-state index is -0.218. The van der Waals surface area contributed by atoms with Crippen LogP contribution in [0.2, 0.25) is 0 Å². The number of hydrogen-bond acceptors (Lipinski definition) is 4. The zero-order valence-corrected chi connectivity index (χ0v) is 10.5. The molecule has 0 aromatic heterocycles. The number of carbonyl (C=O) groups excluding carboxylic acids is 1. The number of fused-ring (bicyclic) bond motifs is 1. The Morgan fingerprint density at radius 1 is 1.22 bits per heavy atom. The van der Waals surface area contributed by atoms with E-state index in [4.69, 9.17) is 4.74 Å². The Hall–Kier alpha value is -1.97. The van der Waals surface area contributed by atoms with Crippen LogP contribution in [-0.4, -0.2) is 18.1 Å². The van der Waals surface area contributed by atoms with Gasteiger partial charge in [-0.1, -0.05) is 12.1 Å². The van der Waals surface area contributed by atoms with Gasteiger partial charge in [-0.3, -0.25) is 0 Å². The lowest BCUT2D eigenvalue weighted by Gasteiger charge is -2.26. The standard InChI is InChI=1S/C14H16N2O2/c1-8-7-12-13(14(17)18-8)9(2)15-10-5-3-4-6-11(10)16-12/h3-6,8-9,15-16H,7H2,1-2H3/t8-,9+/m0/s1. The number of hydrogen-bond donors (Lipinski definition) is 2. The highest BCUT2D eigenvalue weighted by Gasteiger charge is 2.32. The fourth-order valence-electron chi connectivity index (χ4n) is 2.55. The van der Waals surface area contributed by atoms with Gasteiger partial charge in [-0.2, -0.15) is 0 Å². The zero-order valence-electron chi connectivity index (χ0n) is 10.5. The first-order valence-electron chi connectivity index (χ1n) is 6.22. The third-order valence-electron chi connectivity index (χ3n) is 3.36. The summed E-state index contributed by atoms with van der Waals surface area (Å²) in [6.45, 7) is 3.90. The maximum absolute atomic E-state index is 12.0. The maximum atomic E-state index is 12.0. The molecule has 18 heavy (non-hydrogen) atoms. The van der Waals surface area contributed by atoms with Crippen LogP contribution in [0.3, 0.4) is 0 Å². The van der Waals surface area contributed by atoms with E-state index in [1.54, 1.807) is 0 Å². The number of carbonyl (C=O) groups is 1. The monoisotopic (exact) mass is 244 g/mol. The Labute approximate surface area is 106 Å². The fourth-order valence-corrected chi connectivity index (χ4v) is 2.55. The molecule has 0 saturated carbocycles. The van der Waals surface area contributed by atoms with Crippen LogP contribution >= 0.6 is 0 Å². The van der Waals surface area contributed by atoms with Gasteiger partial charge in [0.05, 0.1) is 23.0 Å². The topological polar surface area (TPSA) is 50.4 Å². The van der Waals surface area contributed by atoms with Gasteiger partial charge in [-0.05, 0) is 26.0 Å². The first kappa shape index (κ1) is 11.1. The third-order valence-corrected chi connectivity index (χ3v) is 3.36. The predicted octanol–water partition coefficient (Wildman–Crippen LogP) is 2.50. The van der Waals surface area contributed by atoms with E-state index in [1.165, 1.54) is 0 Å². The molecule has 4 heteroatoms. The average molecular weight is 244 g/mol. The third kappa shape index (κ3) is 1.74.